The van der Waals surface area contributed by atoms with Gasteiger partial charge in [-0.25, -0.2) is 0 Å². The van der Waals surface area contributed by atoms with Gasteiger partial charge in [0.2, 0.25) is 5.65 Å². The predicted molar refractivity (Wildman–Crippen MR) is 80.4 cm³/mol. The van der Waals surface area contributed by atoms with Crippen LogP contribution in [0.5, 0.6) is 0 Å². The molecule has 0 bridgehead atoms. The van der Waals surface area contributed by atoms with E-state index in [0.29, 0.717) is 5.65 Å². The molecule has 3 rings (SSSR count). The van der Waals surface area contributed by atoms with Gasteiger partial charge in [0, 0.05) is 28.5 Å². The highest BCUT2D eigenvalue weighted by atomic mass is 79.9. The molecule has 0 spiro atoms. The summed E-state index contributed by atoms with van der Waals surface area (Å²) in [5.41, 5.74) is 0.975. The molecule has 0 aliphatic carbocycles. The Bertz CT molecular complexity index is 817. The molecular formula is C14H13BrN4O. The third kappa shape index (κ3) is 2.06. The molecule has 1 aromatic carbocycles. The smallest absolute Gasteiger partial charge is 0.280 e. The summed E-state index contributed by atoms with van der Waals surface area (Å²) in [5.74, 6) is 1.01. The quantitative estimate of drug-likeness (QED) is 0.725. The first kappa shape index (κ1) is 13.1. The van der Waals surface area contributed by atoms with E-state index in [-0.39, 0.29) is 11.5 Å². The topological polar surface area (TPSA) is 52.2 Å². The van der Waals surface area contributed by atoms with Crippen molar-refractivity contribution < 1.29 is 0 Å². The maximum absolute atomic E-state index is 12.5. The zero-order valence-electron chi connectivity index (χ0n) is 11.1. The monoisotopic (exact) mass is 332 g/mol. The number of nitrogens with zero attached hydrogens (tertiary/aromatic N) is 4. The first-order valence-electron chi connectivity index (χ1n) is 6.30. The molecule has 0 saturated carbocycles. The van der Waals surface area contributed by atoms with Crippen molar-refractivity contribution in [1.82, 2.24) is 19.2 Å². The van der Waals surface area contributed by atoms with Crippen molar-refractivity contribution in [1.29, 1.82) is 0 Å². The lowest BCUT2D eigenvalue weighted by Gasteiger charge is -2.07. The summed E-state index contributed by atoms with van der Waals surface area (Å²) in [6.07, 6.45) is 3.57. The van der Waals surface area contributed by atoms with Crippen LogP contribution < -0.4 is 5.56 Å². The number of hydrogen-bond donors (Lipinski definition) is 0. The standard InChI is InChI=1S/C14H13BrN4O/c1-9(2)12-16-17-13-14(20)18(7-8-19(12)13)11-5-3-10(15)4-6-11/h3-9H,1-2H3. The molecular weight excluding hydrogens is 320 g/mol. The molecule has 102 valence electrons. The first-order valence-corrected chi connectivity index (χ1v) is 7.09. The molecule has 2 heterocycles. The fourth-order valence-electron chi connectivity index (χ4n) is 2.10. The maximum Gasteiger partial charge on any atom is 0.300 e. The van der Waals surface area contributed by atoms with E-state index in [1.54, 1.807) is 15.2 Å². The van der Waals surface area contributed by atoms with Crippen LogP contribution in [-0.2, 0) is 0 Å². The van der Waals surface area contributed by atoms with Crippen LogP contribution in [-0.4, -0.2) is 19.2 Å². The van der Waals surface area contributed by atoms with Crippen LogP contribution in [0.15, 0.2) is 45.9 Å². The average Bonchev–Trinajstić information content (AvgIpc) is 2.85. The van der Waals surface area contributed by atoms with E-state index >= 15 is 0 Å². The summed E-state index contributed by atoms with van der Waals surface area (Å²) in [4.78, 5) is 12.5. The van der Waals surface area contributed by atoms with Crippen molar-refractivity contribution in [3.8, 4) is 5.69 Å². The van der Waals surface area contributed by atoms with Crippen molar-refractivity contribution in [2.24, 2.45) is 0 Å². The van der Waals surface area contributed by atoms with Crippen LogP contribution in [0.1, 0.15) is 25.6 Å². The third-order valence-electron chi connectivity index (χ3n) is 3.12. The van der Waals surface area contributed by atoms with Crippen LogP contribution in [0, 0.1) is 0 Å². The van der Waals surface area contributed by atoms with E-state index in [1.165, 1.54) is 0 Å². The minimum Gasteiger partial charge on any atom is -0.280 e. The molecule has 0 aliphatic heterocycles. The van der Waals surface area contributed by atoms with Crippen LogP contribution in [0.25, 0.3) is 11.3 Å². The average molecular weight is 333 g/mol. The molecule has 0 saturated heterocycles. The molecule has 0 aliphatic rings. The van der Waals surface area contributed by atoms with Gasteiger partial charge in [0.05, 0.1) is 0 Å². The van der Waals surface area contributed by atoms with E-state index in [2.05, 4.69) is 26.1 Å². The van der Waals surface area contributed by atoms with Crippen LogP contribution in [0.4, 0.5) is 0 Å². The second-order valence-corrected chi connectivity index (χ2v) is 5.77. The number of halogens is 1. The summed E-state index contributed by atoms with van der Waals surface area (Å²) < 4.78 is 4.29. The second kappa shape index (κ2) is 4.86. The number of benzene rings is 1. The third-order valence-corrected chi connectivity index (χ3v) is 3.65. The number of fused-ring (bicyclic) bond motifs is 1. The number of hydrogen-bond acceptors (Lipinski definition) is 3. The number of rotatable bonds is 2. The fourth-order valence-corrected chi connectivity index (χ4v) is 2.37. The van der Waals surface area contributed by atoms with Gasteiger partial charge >= 0.3 is 5.56 Å². The highest BCUT2D eigenvalue weighted by Crippen LogP contribution is 2.14. The Balaban J connectivity index is 2.22. The Hall–Kier alpha value is -1.95. The van der Waals surface area contributed by atoms with Crippen molar-refractivity contribution in [3.05, 3.63) is 57.3 Å². The van der Waals surface area contributed by atoms with Gasteiger partial charge in [0.15, 0.2) is 0 Å². The fraction of sp³-hybridized carbons (Fsp3) is 0.214. The minimum atomic E-state index is -0.172. The lowest BCUT2D eigenvalue weighted by atomic mass is 10.2. The lowest BCUT2D eigenvalue weighted by molar-refractivity contribution is 0.756. The zero-order valence-corrected chi connectivity index (χ0v) is 12.7. The van der Waals surface area contributed by atoms with Gasteiger partial charge in [0.25, 0.3) is 0 Å². The Morgan fingerprint density at radius 2 is 1.80 bits per heavy atom. The normalized spacial score (nSPS) is 11.4. The van der Waals surface area contributed by atoms with Gasteiger partial charge in [0.1, 0.15) is 5.82 Å². The molecule has 2 aromatic heterocycles. The Kier molecular flexibility index (Phi) is 3.17. The van der Waals surface area contributed by atoms with Gasteiger partial charge in [-0.15, -0.1) is 10.2 Å². The lowest BCUT2D eigenvalue weighted by Crippen LogP contribution is -2.20. The molecule has 0 radical (unpaired) electrons. The van der Waals surface area contributed by atoms with Gasteiger partial charge in [-0.2, -0.15) is 0 Å². The second-order valence-electron chi connectivity index (χ2n) is 4.86. The summed E-state index contributed by atoms with van der Waals surface area (Å²) in [6.45, 7) is 4.05. The van der Waals surface area contributed by atoms with Gasteiger partial charge in [-0.05, 0) is 24.3 Å². The largest absolute Gasteiger partial charge is 0.300 e. The summed E-state index contributed by atoms with van der Waals surface area (Å²) in [6, 6.07) is 7.55. The van der Waals surface area contributed by atoms with Crippen LogP contribution in [0.3, 0.4) is 0 Å². The molecule has 20 heavy (non-hydrogen) atoms. The Morgan fingerprint density at radius 1 is 1.10 bits per heavy atom. The van der Waals surface area contributed by atoms with Gasteiger partial charge in [-0.1, -0.05) is 29.8 Å². The van der Waals surface area contributed by atoms with E-state index in [4.69, 9.17) is 0 Å². The van der Waals surface area contributed by atoms with E-state index in [1.807, 2.05) is 44.3 Å². The Morgan fingerprint density at radius 3 is 2.45 bits per heavy atom. The van der Waals surface area contributed by atoms with E-state index in [9.17, 15) is 4.79 Å². The van der Waals surface area contributed by atoms with Crippen LogP contribution in [0.2, 0.25) is 0 Å². The van der Waals surface area contributed by atoms with Crippen molar-refractivity contribution in [3.63, 3.8) is 0 Å². The summed E-state index contributed by atoms with van der Waals surface area (Å²) in [7, 11) is 0. The van der Waals surface area contributed by atoms with Crippen molar-refractivity contribution in [2.45, 2.75) is 19.8 Å². The summed E-state index contributed by atoms with van der Waals surface area (Å²) >= 11 is 3.38. The van der Waals surface area contributed by atoms with E-state index < -0.39 is 0 Å². The molecule has 0 atom stereocenters. The highest BCUT2D eigenvalue weighted by molar-refractivity contribution is 9.10. The molecule has 6 heteroatoms. The molecule has 5 nitrogen and oxygen atoms in total. The zero-order chi connectivity index (χ0) is 14.3. The molecule has 0 fully saturated rings. The Labute approximate surface area is 124 Å². The summed E-state index contributed by atoms with van der Waals surface area (Å²) in [5, 5.41) is 8.11. The molecule has 0 N–H and O–H groups in total. The van der Waals surface area contributed by atoms with E-state index in [0.717, 1.165) is 16.0 Å². The molecule has 0 unspecified atom stereocenters. The highest BCUT2D eigenvalue weighted by Gasteiger charge is 2.13. The minimum absolute atomic E-state index is 0.172. The van der Waals surface area contributed by atoms with Crippen molar-refractivity contribution in [2.75, 3.05) is 0 Å². The van der Waals surface area contributed by atoms with Gasteiger partial charge < -0.3 is 0 Å². The first-order chi connectivity index (χ1) is 9.58. The predicted octanol–water partition coefficient (Wildman–Crippen LogP) is 2.77. The van der Waals surface area contributed by atoms with Crippen molar-refractivity contribution >= 4 is 21.6 Å². The molecule has 3 aromatic rings. The maximum atomic E-state index is 12.5. The van der Waals surface area contributed by atoms with Gasteiger partial charge in [-0.3, -0.25) is 13.8 Å². The SMILES string of the molecule is CC(C)c1nnc2c(=O)n(-c3ccc(Br)cc3)ccn12. The molecule has 0 amide bonds. The van der Waals surface area contributed by atoms with Crippen LogP contribution >= 0.6 is 15.9 Å². The number of aromatic nitrogens is 4.